The van der Waals surface area contributed by atoms with Gasteiger partial charge in [-0.1, -0.05) is 13.8 Å². The number of carbonyl (C=O) groups excluding carboxylic acids is 1. The van der Waals surface area contributed by atoms with Crippen molar-refractivity contribution in [2.45, 2.75) is 46.8 Å². The fraction of sp³-hybridized carbons (Fsp3) is 0.692. The van der Waals surface area contributed by atoms with E-state index in [1.165, 1.54) is 0 Å². The smallest absolute Gasteiger partial charge is 0.166 e. The second-order valence-corrected chi connectivity index (χ2v) is 4.47. The lowest BCUT2D eigenvalue weighted by atomic mass is 9.99. The van der Waals surface area contributed by atoms with Crippen LogP contribution < -0.4 is 0 Å². The maximum absolute atomic E-state index is 12.1. The molecule has 4 nitrogen and oxygen atoms in total. The molecular formula is C13H22N2O2. The Morgan fingerprint density at radius 2 is 2.18 bits per heavy atom. The van der Waals surface area contributed by atoms with Gasteiger partial charge in [0, 0.05) is 25.8 Å². The Bertz CT molecular complexity index is 358. The molecule has 1 heterocycles. The molecule has 0 amide bonds. The highest BCUT2D eigenvalue weighted by Gasteiger charge is 2.22. The molecule has 0 aliphatic carbocycles. The van der Waals surface area contributed by atoms with E-state index >= 15 is 0 Å². The van der Waals surface area contributed by atoms with Gasteiger partial charge >= 0.3 is 0 Å². The summed E-state index contributed by atoms with van der Waals surface area (Å²) in [5, 5.41) is 4.16. The first-order valence-corrected chi connectivity index (χ1v) is 6.24. The Balaban J connectivity index is 2.62. The van der Waals surface area contributed by atoms with Gasteiger partial charge in [-0.3, -0.25) is 9.48 Å². The number of hydrogen-bond donors (Lipinski definition) is 0. The molecule has 4 heteroatoms. The van der Waals surface area contributed by atoms with E-state index in [4.69, 9.17) is 4.74 Å². The Labute approximate surface area is 103 Å². The molecule has 96 valence electrons. The monoisotopic (exact) mass is 238 g/mol. The summed E-state index contributed by atoms with van der Waals surface area (Å²) >= 11 is 0. The number of aryl methyl sites for hydroxylation is 1. The minimum Gasteiger partial charge on any atom is -0.370 e. The van der Waals surface area contributed by atoms with E-state index in [2.05, 4.69) is 5.10 Å². The summed E-state index contributed by atoms with van der Waals surface area (Å²) < 4.78 is 7.32. The first-order chi connectivity index (χ1) is 8.08. The lowest BCUT2D eigenvalue weighted by molar-refractivity contribution is -0.132. The molecule has 0 spiro atoms. The van der Waals surface area contributed by atoms with Crippen LogP contribution in [0.25, 0.3) is 0 Å². The third-order valence-corrected chi connectivity index (χ3v) is 2.66. The number of ketones is 1. The molecule has 0 bridgehead atoms. The molecule has 0 aliphatic rings. The zero-order valence-corrected chi connectivity index (χ0v) is 11.1. The van der Waals surface area contributed by atoms with Crippen LogP contribution in [0, 0.1) is 5.92 Å². The molecule has 0 aromatic carbocycles. The van der Waals surface area contributed by atoms with Crippen LogP contribution in [0.3, 0.4) is 0 Å². The molecule has 0 radical (unpaired) electrons. The number of hydrogen-bond acceptors (Lipinski definition) is 3. The highest BCUT2D eigenvalue weighted by atomic mass is 16.5. The van der Waals surface area contributed by atoms with Gasteiger partial charge in [-0.05, 0) is 25.3 Å². The van der Waals surface area contributed by atoms with Gasteiger partial charge < -0.3 is 4.74 Å². The largest absolute Gasteiger partial charge is 0.370 e. The predicted octanol–water partition coefficient (Wildman–Crippen LogP) is 2.08. The Kier molecular flexibility index (Phi) is 5.35. The quantitative estimate of drug-likeness (QED) is 0.730. The van der Waals surface area contributed by atoms with Crippen molar-refractivity contribution in [3.63, 3.8) is 0 Å². The fourth-order valence-corrected chi connectivity index (χ4v) is 1.81. The molecule has 1 atom stereocenters. The maximum Gasteiger partial charge on any atom is 0.166 e. The molecule has 1 rings (SSSR count). The van der Waals surface area contributed by atoms with Crippen LogP contribution >= 0.6 is 0 Å². The third kappa shape index (κ3) is 3.97. The number of aromatic nitrogens is 2. The molecule has 0 aliphatic heterocycles. The van der Waals surface area contributed by atoms with Crippen molar-refractivity contribution in [2.75, 3.05) is 6.61 Å². The van der Waals surface area contributed by atoms with Crippen molar-refractivity contribution in [1.29, 1.82) is 0 Å². The number of rotatable bonds is 7. The van der Waals surface area contributed by atoms with Crippen molar-refractivity contribution < 1.29 is 9.53 Å². The predicted molar refractivity (Wildman–Crippen MR) is 66.9 cm³/mol. The molecule has 1 aromatic heterocycles. The normalized spacial score (nSPS) is 13.0. The minimum atomic E-state index is -0.301. The average Bonchev–Trinajstić information content (AvgIpc) is 2.72. The van der Waals surface area contributed by atoms with Crippen LogP contribution in [0.4, 0.5) is 0 Å². The molecular weight excluding hydrogens is 216 g/mol. The molecule has 1 aromatic rings. The third-order valence-electron chi connectivity index (χ3n) is 2.66. The average molecular weight is 238 g/mol. The Morgan fingerprint density at radius 1 is 1.47 bits per heavy atom. The number of carbonyl (C=O) groups is 1. The second-order valence-electron chi connectivity index (χ2n) is 4.47. The lowest BCUT2D eigenvalue weighted by Gasteiger charge is -2.19. The van der Waals surface area contributed by atoms with Crippen molar-refractivity contribution in [1.82, 2.24) is 9.78 Å². The summed E-state index contributed by atoms with van der Waals surface area (Å²) in [7, 11) is 0. The van der Waals surface area contributed by atoms with Crippen LogP contribution in [-0.2, 0) is 22.5 Å². The highest BCUT2D eigenvalue weighted by Crippen LogP contribution is 2.11. The SMILES string of the molecule is CCOC(C(=O)Cc1cnn(CC)c1)C(C)C. The molecule has 1 unspecified atom stereocenters. The molecule has 17 heavy (non-hydrogen) atoms. The van der Waals surface area contributed by atoms with Crippen LogP contribution in [0.5, 0.6) is 0 Å². The number of Topliss-reactive ketones (excluding diaryl/α,β-unsaturated/α-hetero) is 1. The van der Waals surface area contributed by atoms with Crippen LogP contribution in [-0.4, -0.2) is 28.3 Å². The van der Waals surface area contributed by atoms with E-state index in [0.717, 1.165) is 12.1 Å². The molecule has 0 saturated heterocycles. The summed E-state index contributed by atoms with van der Waals surface area (Å²) in [6, 6.07) is 0. The van der Waals surface area contributed by atoms with Crippen molar-refractivity contribution in [3.8, 4) is 0 Å². The Morgan fingerprint density at radius 3 is 2.65 bits per heavy atom. The van der Waals surface area contributed by atoms with E-state index in [-0.39, 0.29) is 17.8 Å². The summed E-state index contributed by atoms with van der Waals surface area (Å²) in [6.45, 7) is 9.35. The van der Waals surface area contributed by atoms with E-state index in [1.807, 2.05) is 38.6 Å². The summed E-state index contributed by atoms with van der Waals surface area (Å²) in [4.78, 5) is 12.1. The van der Waals surface area contributed by atoms with Gasteiger partial charge in [-0.15, -0.1) is 0 Å². The molecule has 0 N–H and O–H groups in total. The van der Waals surface area contributed by atoms with E-state index < -0.39 is 0 Å². The van der Waals surface area contributed by atoms with E-state index in [9.17, 15) is 4.79 Å². The van der Waals surface area contributed by atoms with Crippen LogP contribution in [0.15, 0.2) is 12.4 Å². The highest BCUT2D eigenvalue weighted by molar-refractivity contribution is 5.85. The van der Waals surface area contributed by atoms with Gasteiger partial charge in [0.25, 0.3) is 0 Å². The zero-order chi connectivity index (χ0) is 12.8. The van der Waals surface area contributed by atoms with Gasteiger partial charge in [-0.2, -0.15) is 5.10 Å². The van der Waals surface area contributed by atoms with Crippen molar-refractivity contribution in [3.05, 3.63) is 18.0 Å². The zero-order valence-electron chi connectivity index (χ0n) is 11.1. The molecule has 0 saturated carbocycles. The van der Waals surface area contributed by atoms with Gasteiger partial charge in [-0.25, -0.2) is 0 Å². The van der Waals surface area contributed by atoms with Gasteiger partial charge in [0.1, 0.15) is 6.10 Å². The van der Waals surface area contributed by atoms with Gasteiger partial charge in [0.2, 0.25) is 0 Å². The van der Waals surface area contributed by atoms with Gasteiger partial charge in [0.05, 0.1) is 6.20 Å². The summed E-state index contributed by atoms with van der Waals surface area (Å²) in [5.74, 6) is 0.348. The van der Waals surface area contributed by atoms with Crippen molar-refractivity contribution >= 4 is 5.78 Å². The van der Waals surface area contributed by atoms with Gasteiger partial charge in [0.15, 0.2) is 5.78 Å². The second kappa shape index (κ2) is 6.55. The Hall–Kier alpha value is -1.16. The number of nitrogens with zero attached hydrogens (tertiary/aromatic N) is 2. The van der Waals surface area contributed by atoms with E-state index in [0.29, 0.717) is 13.0 Å². The summed E-state index contributed by atoms with van der Waals surface area (Å²) in [6.07, 6.45) is 3.78. The summed E-state index contributed by atoms with van der Waals surface area (Å²) in [5.41, 5.74) is 0.960. The lowest BCUT2D eigenvalue weighted by Crippen LogP contribution is -2.31. The number of ether oxygens (including phenoxy) is 1. The standard InChI is InChI=1S/C13H22N2O2/c1-5-15-9-11(8-14-15)7-12(16)13(10(3)4)17-6-2/h8-10,13H,5-7H2,1-4H3. The van der Waals surface area contributed by atoms with Crippen LogP contribution in [0.1, 0.15) is 33.3 Å². The molecule has 0 fully saturated rings. The first kappa shape index (κ1) is 13.9. The van der Waals surface area contributed by atoms with E-state index in [1.54, 1.807) is 6.20 Å². The fourth-order valence-electron chi connectivity index (χ4n) is 1.81. The topological polar surface area (TPSA) is 44.1 Å². The van der Waals surface area contributed by atoms with Crippen LogP contribution in [0.2, 0.25) is 0 Å². The maximum atomic E-state index is 12.1. The first-order valence-electron chi connectivity index (χ1n) is 6.24. The minimum absolute atomic E-state index is 0.137. The van der Waals surface area contributed by atoms with Crippen molar-refractivity contribution in [2.24, 2.45) is 5.92 Å².